The lowest BCUT2D eigenvalue weighted by atomic mass is 9.95. The van der Waals surface area contributed by atoms with Crippen molar-refractivity contribution in [1.29, 1.82) is 5.26 Å². The summed E-state index contributed by atoms with van der Waals surface area (Å²) >= 11 is 0. The highest BCUT2D eigenvalue weighted by Gasteiger charge is 2.38. The highest BCUT2D eigenvalue weighted by atomic mass is 16.6. The van der Waals surface area contributed by atoms with Crippen molar-refractivity contribution in [1.82, 2.24) is 15.5 Å². The minimum atomic E-state index is -1.09. The molecule has 0 spiro atoms. The lowest BCUT2D eigenvalue weighted by molar-refractivity contribution is -0.142. The van der Waals surface area contributed by atoms with Gasteiger partial charge in [-0.1, -0.05) is 38.3 Å². The maximum atomic E-state index is 13.8. The molecule has 8 nitrogen and oxygen atoms in total. The number of nitrogens with one attached hydrogen (secondary N) is 2. The average Bonchev–Trinajstić information content (AvgIpc) is 2.74. The van der Waals surface area contributed by atoms with E-state index in [0.717, 1.165) is 0 Å². The van der Waals surface area contributed by atoms with Gasteiger partial charge in [-0.15, -0.1) is 6.42 Å². The van der Waals surface area contributed by atoms with Crippen LogP contribution in [0.3, 0.4) is 0 Å². The summed E-state index contributed by atoms with van der Waals surface area (Å²) in [6, 6.07) is 6.38. The Kier molecular flexibility index (Phi) is 10.6. The topological polar surface area (TPSA) is 112 Å². The molecule has 1 rings (SSSR count). The molecule has 0 bridgehead atoms. The first-order valence-corrected chi connectivity index (χ1v) is 11.4. The Hall–Kier alpha value is -3.52. The van der Waals surface area contributed by atoms with Crippen LogP contribution >= 0.6 is 0 Å². The minimum Gasteiger partial charge on any atom is -0.444 e. The van der Waals surface area contributed by atoms with E-state index >= 15 is 0 Å². The maximum absolute atomic E-state index is 13.8. The highest BCUT2D eigenvalue weighted by Crippen LogP contribution is 2.25. The van der Waals surface area contributed by atoms with Crippen LogP contribution in [0.1, 0.15) is 72.1 Å². The molecule has 3 atom stereocenters. The lowest BCUT2D eigenvalue weighted by Gasteiger charge is -2.35. The van der Waals surface area contributed by atoms with Crippen LogP contribution in [0.4, 0.5) is 4.79 Å². The molecule has 0 heterocycles. The third kappa shape index (κ3) is 8.44. The number of ether oxygens (including phenoxy) is 1. The molecular formula is C26H36N4O4. The van der Waals surface area contributed by atoms with Gasteiger partial charge in [-0.05, 0) is 58.2 Å². The maximum Gasteiger partial charge on any atom is 0.408 e. The lowest BCUT2D eigenvalue weighted by Crippen LogP contribution is -2.55. The number of nitrogens with zero attached hydrogens (tertiary/aromatic N) is 2. The summed E-state index contributed by atoms with van der Waals surface area (Å²) in [5, 5.41) is 15.0. The molecule has 0 aromatic heterocycles. The quantitative estimate of drug-likeness (QED) is 0.425. The van der Waals surface area contributed by atoms with Crippen molar-refractivity contribution < 1.29 is 19.1 Å². The van der Waals surface area contributed by atoms with E-state index in [9.17, 15) is 19.6 Å². The Labute approximate surface area is 203 Å². The Morgan fingerprint density at radius 2 is 1.71 bits per heavy atom. The average molecular weight is 469 g/mol. The first-order valence-electron chi connectivity index (χ1n) is 11.4. The van der Waals surface area contributed by atoms with E-state index in [2.05, 4.69) is 16.6 Å². The molecule has 0 aliphatic carbocycles. The summed E-state index contributed by atoms with van der Waals surface area (Å²) in [5.74, 6) is 1.25. The molecule has 0 radical (unpaired) electrons. The van der Waals surface area contributed by atoms with Gasteiger partial charge in [-0.3, -0.25) is 9.59 Å². The Morgan fingerprint density at radius 1 is 1.12 bits per heavy atom. The van der Waals surface area contributed by atoms with Gasteiger partial charge in [-0.2, -0.15) is 5.26 Å². The molecule has 0 saturated heterocycles. The van der Waals surface area contributed by atoms with E-state index in [0.29, 0.717) is 17.5 Å². The van der Waals surface area contributed by atoms with E-state index < -0.39 is 35.6 Å². The van der Waals surface area contributed by atoms with Crippen molar-refractivity contribution in [3.8, 4) is 18.4 Å². The number of amides is 3. The number of rotatable bonds is 9. The number of nitriles is 1. The van der Waals surface area contributed by atoms with Gasteiger partial charge in [-0.25, -0.2) is 4.79 Å². The molecule has 8 heteroatoms. The monoisotopic (exact) mass is 468 g/mol. The van der Waals surface area contributed by atoms with Crippen molar-refractivity contribution in [3.05, 3.63) is 35.4 Å². The van der Waals surface area contributed by atoms with Crippen LogP contribution in [-0.2, 0) is 14.3 Å². The first kappa shape index (κ1) is 28.5. The standard InChI is InChI=1S/C26H36N4O4/c1-9-18(5)21(29-25(33)34-26(6,7)8)24(32)30(16-15-27)22(23(31)28-17(3)4)20-13-11-19(10-2)12-14-20/h2,11-14,17-18,21-22H,9,16H2,1,3-8H3,(H,28,31)(H,29,33). The molecular weight excluding hydrogens is 432 g/mol. The van der Waals surface area contributed by atoms with Crippen molar-refractivity contribution in [2.45, 2.75) is 78.6 Å². The van der Waals surface area contributed by atoms with Crippen LogP contribution in [0.2, 0.25) is 0 Å². The van der Waals surface area contributed by atoms with E-state index in [-0.39, 0.29) is 18.5 Å². The zero-order chi connectivity index (χ0) is 26.1. The zero-order valence-electron chi connectivity index (χ0n) is 21.1. The summed E-state index contributed by atoms with van der Waals surface area (Å²) in [4.78, 5) is 40.7. The minimum absolute atomic E-state index is 0.190. The number of alkyl carbamates (subject to hydrolysis) is 1. The van der Waals surface area contributed by atoms with Crippen LogP contribution in [-0.4, -0.2) is 47.0 Å². The van der Waals surface area contributed by atoms with Gasteiger partial charge in [0.2, 0.25) is 11.8 Å². The third-order valence-electron chi connectivity index (χ3n) is 5.06. The summed E-state index contributed by atoms with van der Waals surface area (Å²) < 4.78 is 5.34. The third-order valence-corrected chi connectivity index (χ3v) is 5.06. The van der Waals surface area contributed by atoms with Crippen LogP contribution in [0.15, 0.2) is 24.3 Å². The fraction of sp³-hybridized carbons (Fsp3) is 0.538. The largest absolute Gasteiger partial charge is 0.444 e. The number of hydrogen-bond donors (Lipinski definition) is 2. The highest BCUT2D eigenvalue weighted by molar-refractivity contribution is 5.92. The van der Waals surface area contributed by atoms with Crippen molar-refractivity contribution in [2.24, 2.45) is 5.92 Å². The number of terminal acetylenes is 1. The van der Waals surface area contributed by atoms with Gasteiger partial charge in [0.25, 0.3) is 0 Å². The van der Waals surface area contributed by atoms with Gasteiger partial charge < -0.3 is 20.3 Å². The second-order valence-corrected chi connectivity index (χ2v) is 9.47. The van der Waals surface area contributed by atoms with Gasteiger partial charge in [0.1, 0.15) is 24.2 Å². The zero-order valence-corrected chi connectivity index (χ0v) is 21.1. The normalized spacial score (nSPS) is 13.6. The fourth-order valence-corrected chi connectivity index (χ4v) is 3.27. The molecule has 1 aromatic rings. The Bertz CT molecular complexity index is 936. The first-order chi connectivity index (χ1) is 15.8. The predicted molar refractivity (Wildman–Crippen MR) is 130 cm³/mol. The number of carbonyl (C=O) groups excluding carboxylic acids is 3. The number of benzene rings is 1. The molecule has 0 saturated carbocycles. The summed E-state index contributed by atoms with van der Waals surface area (Å²) in [7, 11) is 0. The summed E-state index contributed by atoms with van der Waals surface area (Å²) in [5.41, 5.74) is 0.368. The van der Waals surface area contributed by atoms with Crippen molar-refractivity contribution in [3.63, 3.8) is 0 Å². The molecule has 0 aliphatic rings. The van der Waals surface area contributed by atoms with Gasteiger partial charge in [0, 0.05) is 11.6 Å². The van der Waals surface area contributed by atoms with E-state index in [1.807, 2.05) is 19.9 Å². The molecule has 34 heavy (non-hydrogen) atoms. The molecule has 0 aliphatic heterocycles. The van der Waals surface area contributed by atoms with Crippen LogP contribution < -0.4 is 10.6 Å². The molecule has 3 amide bonds. The van der Waals surface area contributed by atoms with Gasteiger partial charge in [0.15, 0.2) is 0 Å². The molecule has 2 N–H and O–H groups in total. The van der Waals surface area contributed by atoms with Gasteiger partial charge in [0.05, 0.1) is 6.07 Å². The Morgan fingerprint density at radius 3 is 2.15 bits per heavy atom. The summed E-state index contributed by atoms with van der Waals surface area (Å²) in [6.07, 6.45) is 5.28. The van der Waals surface area contributed by atoms with E-state index in [1.54, 1.807) is 58.9 Å². The smallest absolute Gasteiger partial charge is 0.408 e. The summed E-state index contributed by atoms with van der Waals surface area (Å²) in [6.45, 7) is 12.1. The fourth-order valence-electron chi connectivity index (χ4n) is 3.27. The number of carbonyl (C=O) groups is 3. The molecule has 0 fully saturated rings. The Balaban J connectivity index is 3.47. The van der Waals surface area contributed by atoms with E-state index in [1.165, 1.54) is 4.90 Å². The predicted octanol–water partition coefficient (Wildman–Crippen LogP) is 3.53. The van der Waals surface area contributed by atoms with Crippen molar-refractivity contribution >= 4 is 17.9 Å². The molecule has 3 unspecified atom stereocenters. The van der Waals surface area contributed by atoms with Crippen LogP contribution in [0.25, 0.3) is 0 Å². The van der Waals surface area contributed by atoms with Crippen LogP contribution in [0, 0.1) is 29.6 Å². The van der Waals surface area contributed by atoms with Crippen LogP contribution in [0.5, 0.6) is 0 Å². The second-order valence-electron chi connectivity index (χ2n) is 9.47. The van der Waals surface area contributed by atoms with Gasteiger partial charge >= 0.3 is 6.09 Å². The SMILES string of the molecule is C#Cc1ccc(C(C(=O)NC(C)C)N(CC#N)C(=O)C(NC(=O)OC(C)(C)C)C(C)CC)cc1. The molecule has 184 valence electrons. The number of hydrogen-bond acceptors (Lipinski definition) is 5. The van der Waals surface area contributed by atoms with Crippen molar-refractivity contribution in [2.75, 3.05) is 6.54 Å². The van der Waals surface area contributed by atoms with E-state index in [4.69, 9.17) is 11.2 Å². The second kappa shape index (κ2) is 12.6. The molecule has 1 aromatic carbocycles.